The van der Waals surface area contributed by atoms with Gasteiger partial charge in [-0.05, 0) is 56.9 Å². The molecule has 0 aromatic heterocycles. The predicted octanol–water partition coefficient (Wildman–Crippen LogP) is 2.58. The Hall–Kier alpha value is -1.07. The molecule has 1 aliphatic carbocycles. The van der Waals surface area contributed by atoms with Crippen molar-refractivity contribution in [1.29, 1.82) is 0 Å². The molecule has 19 heavy (non-hydrogen) atoms. The quantitative estimate of drug-likeness (QED) is 0.872. The third-order valence-electron chi connectivity index (χ3n) is 3.30. The Bertz CT molecular complexity index is 517. The van der Waals surface area contributed by atoms with Crippen LogP contribution in [0.3, 0.4) is 0 Å². The molecule has 2 rings (SSSR count). The van der Waals surface area contributed by atoms with E-state index in [-0.39, 0.29) is 6.04 Å². The van der Waals surface area contributed by atoms with Gasteiger partial charge in [0.25, 0.3) is 0 Å². The van der Waals surface area contributed by atoms with E-state index < -0.39 is 10.0 Å². The van der Waals surface area contributed by atoms with Crippen LogP contribution in [0.25, 0.3) is 0 Å². The van der Waals surface area contributed by atoms with E-state index in [1.165, 1.54) is 12.8 Å². The molecule has 0 amide bonds. The molecule has 1 fully saturated rings. The van der Waals surface area contributed by atoms with E-state index in [4.69, 9.17) is 0 Å². The van der Waals surface area contributed by atoms with Crippen LogP contribution in [-0.4, -0.2) is 20.5 Å². The topological polar surface area (TPSA) is 58.2 Å². The highest BCUT2D eigenvalue weighted by Gasteiger charge is 2.25. The summed E-state index contributed by atoms with van der Waals surface area (Å²) in [5, 5.41) is 3.41. The number of benzene rings is 1. The van der Waals surface area contributed by atoms with E-state index in [1.54, 1.807) is 12.1 Å². The molecule has 4 nitrogen and oxygen atoms in total. The molecule has 0 spiro atoms. The second-order valence-corrected chi connectivity index (χ2v) is 7.43. The van der Waals surface area contributed by atoms with Crippen LogP contribution in [0.1, 0.15) is 33.6 Å². The minimum atomic E-state index is -3.38. The number of nitrogens with one attached hydrogen (secondary N) is 2. The maximum Gasteiger partial charge on any atom is 0.240 e. The maximum atomic E-state index is 12.0. The summed E-state index contributed by atoms with van der Waals surface area (Å²) in [5.74, 6) is 0.799. The summed E-state index contributed by atoms with van der Waals surface area (Å²) in [6, 6.07) is 7.39. The monoisotopic (exact) mass is 282 g/mol. The van der Waals surface area contributed by atoms with Crippen molar-refractivity contribution in [2.45, 2.75) is 50.6 Å². The molecule has 5 heteroatoms. The van der Waals surface area contributed by atoms with Gasteiger partial charge < -0.3 is 5.32 Å². The zero-order valence-electron chi connectivity index (χ0n) is 11.7. The third-order valence-corrected chi connectivity index (χ3v) is 4.97. The Morgan fingerprint density at radius 3 is 2.21 bits per heavy atom. The van der Waals surface area contributed by atoms with Crippen molar-refractivity contribution >= 4 is 15.7 Å². The van der Waals surface area contributed by atoms with Crippen molar-refractivity contribution in [3.05, 3.63) is 24.3 Å². The lowest BCUT2D eigenvalue weighted by Gasteiger charge is -2.34. The number of hydrogen-bond acceptors (Lipinski definition) is 3. The van der Waals surface area contributed by atoms with Crippen LogP contribution in [0, 0.1) is 5.92 Å². The fourth-order valence-corrected chi connectivity index (χ4v) is 3.62. The lowest BCUT2D eigenvalue weighted by molar-refractivity contribution is 0.309. The van der Waals surface area contributed by atoms with Gasteiger partial charge in [0, 0.05) is 17.8 Å². The van der Waals surface area contributed by atoms with E-state index in [9.17, 15) is 8.42 Å². The molecule has 0 heterocycles. The predicted molar refractivity (Wildman–Crippen MR) is 77.7 cm³/mol. The second-order valence-electron chi connectivity index (χ2n) is 5.72. The third kappa shape index (κ3) is 3.70. The SMILES string of the molecule is CC1CC(Nc2ccc(S(=O)(=O)NC(C)C)cc2)C1. The molecule has 0 aliphatic heterocycles. The van der Waals surface area contributed by atoms with Crippen molar-refractivity contribution in [3.63, 3.8) is 0 Å². The molecule has 1 aromatic carbocycles. The van der Waals surface area contributed by atoms with Gasteiger partial charge in [0.15, 0.2) is 0 Å². The van der Waals surface area contributed by atoms with E-state index in [2.05, 4.69) is 17.0 Å². The van der Waals surface area contributed by atoms with Gasteiger partial charge in [-0.25, -0.2) is 13.1 Å². The first kappa shape index (κ1) is 14.3. The second kappa shape index (κ2) is 5.51. The highest BCUT2D eigenvalue weighted by atomic mass is 32.2. The van der Waals surface area contributed by atoms with Crippen LogP contribution >= 0.6 is 0 Å². The molecular weight excluding hydrogens is 260 g/mol. The summed E-state index contributed by atoms with van der Waals surface area (Å²) < 4.78 is 26.5. The van der Waals surface area contributed by atoms with Gasteiger partial charge in [0.1, 0.15) is 0 Å². The van der Waals surface area contributed by atoms with Crippen LogP contribution < -0.4 is 10.0 Å². The van der Waals surface area contributed by atoms with E-state index in [0.717, 1.165) is 11.6 Å². The first-order chi connectivity index (χ1) is 8.87. The summed E-state index contributed by atoms with van der Waals surface area (Å²) in [7, 11) is -3.38. The Balaban J connectivity index is 2.02. The first-order valence-corrected chi connectivity index (χ1v) is 8.24. The molecule has 1 aromatic rings. The summed E-state index contributed by atoms with van der Waals surface area (Å²) in [6.45, 7) is 5.86. The number of rotatable bonds is 5. The molecule has 1 saturated carbocycles. The average Bonchev–Trinajstić information content (AvgIpc) is 2.26. The smallest absolute Gasteiger partial charge is 0.240 e. The van der Waals surface area contributed by atoms with Gasteiger partial charge in [-0.3, -0.25) is 0 Å². The Morgan fingerprint density at radius 2 is 1.74 bits per heavy atom. The van der Waals surface area contributed by atoms with Gasteiger partial charge in [-0.2, -0.15) is 0 Å². The fourth-order valence-electron chi connectivity index (χ4n) is 2.36. The van der Waals surface area contributed by atoms with Crippen molar-refractivity contribution in [1.82, 2.24) is 4.72 Å². The number of anilines is 1. The summed E-state index contributed by atoms with van der Waals surface area (Å²) in [6.07, 6.45) is 2.38. The van der Waals surface area contributed by atoms with E-state index in [1.807, 2.05) is 26.0 Å². The number of sulfonamides is 1. The maximum absolute atomic E-state index is 12.0. The van der Waals surface area contributed by atoms with Crippen LogP contribution in [-0.2, 0) is 10.0 Å². The molecule has 2 N–H and O–H groups in total. The fraction of sp³-hybridized carbons (Fsp3) is 0.571. The van der Waals surface area contributed by atoms with E-state index >= 15 is 0 Å². The molecule has 0 saturated heterocycles. The minimum absolute atomic E-state index is 0.0979. The number of hydrogen-bond donors (Lipinski definition) is 2. The molecule has 0 bridgehead atoms. The summed E-state index contributed by atoms with van der Waals surface area (Å²) in [4.78, 5) is 0.314. The normalized spacial score (nSPS) is 23.2. The van der Waals surface area contributed by atoms with Gasteiger partial charge in [-0.15, -0.1) is 0 Å². The van der Waals surface area contributed by atoms with Crippen molar-refractivity contribution < 1.29 is 8.42 Å². The van der Waals surface area contributed by atoms with Crippen molar-refractivity contribution in [2.24, 2.45) is 5.92 Å². The largest absolute Gasteiger partial charge is 0.382 e. The van der Waals surface area contributed by atoms with Crippen LogP contribution in [0.15, 0.2) is 29.2 Å². The zero-order valence-corrected chi connectivity index (χ0v) is 12.5. The Morgan fingerprint density at radius 1 is 1.16 bits per heavy atom. The highest BCUT2D eigenvalue weighted by Crippen LogP contribution is 2.29. The Kier molecular flexibility index (Phi) is 4.16. The highest BCUT2D eigenvalue weighted by molar-refractivity contribution is 7.89. The average molecular weight is 282 g/mol. The molecule has 0 atom stereocenters. The van der Waals surface area contributed by atoms with E-state index in [0.29, 0.717) is 10.9 Å². The Labute approximate surface area is 115 Å². The molecule has 1 aliphatic rings. The molecule has 0 radical (unpaired) electrons. The van der Waals surface area contributed by atoms with Gasteiger partial charge in [0.2, 0.25) is 10.0 Å². The van der Waals surface area contributed by atoms with Crippen LogP contribution in [0.5, 0.6) is 0 Å². The molecular formula is C14H22N2O2S. The first-order valence-electron chi connectivity index (χ1n) is 6.76. The molecule has 106 valence electrons. The standard InChI is InChI=1S/C14H22N2O2S/c1-10(2)16-19(17,18)14-6-4-12(5-7-14)15-13-8-11(3)9-13/h4-7,10-11,13,15-16H,8-9H2,1-3H3. The van der Waals surface area contributed by atoms with Crippen molar-refractivity contribution in [3.8, 4) is 0 Å². The summed E-state index contributed by atoms with van der Waals surface area (Å²) >= 11 is 0. The lowest BCUT2D eigenvalue weighted by Crippen LogP contribution is -2.33. The van der Waals surface area contributed by atoms with Gasteiger partial charge >= 0.3 is 0 Å². The minimum Gasteiger partial charge on any atom is -0.382 e. The summed E-state index contributed by atoms with van der Waals surface area (Å²) in [5.41, 5.74) is 0.986. The molecule has 0 unspecified atom stereocenters. The van der Waals surface area contributed by atoms with Crippen molar-refractivity contribution in [2.75, 3.05) is 5.32 Å². The zero-order chi connectivity index (χ0) is 14.0. The van der Waals surface area contributed by atoms with Crippen LogP contribution in [0.4, 0.5) is 5.69 Å². The van der Waals surface area contributed by atoms with Crippen LogP contribution in [0.2, 0.25) is 0 Å². The van der Waals surface area contributed by atoms with Gasteiger partial charge in [0.05, 0.1) is 4.90 Å². The van der Waals surface area contributed by atoms with Gasteiger partial charge in [-0.1, -0.05) is 6.92 Å². The lowest BCUT2D eigenvalue weighted by atomic mass is 9.82.